The Morgan fingerprint density at radius 1 is 1.11 bits per heavy atom. The molecule has 4 rings (SSSR count). The van der Waals surface area contributed by atoms with Crippen LogP contribution in [0, 0.1) is 0 Å². The average molecular weight is 483 g/mol. The Morgan fingerprint density at radius 2 is 1.86 bits per heavy atom. The van der Waals surface area contributed by atoms with E-state index in [1.54, 1.807) is 16.8 Å². The molecule has 0 bridgehead atoms. The zero-order valence-electron chi connectivity index (χ0n) is 20.3. The zero-order chi connectivity index (χ0) is 25.2. The quantitative estimate of drug-likeness (QED) is 0.325. The Bertz CT molecular complexity index is 1160. The van der Waals surface area contributed by atoms with E-state index >= 15 is 0 Å². The Hall–Kier alpha value is -3.21. The number of nitrogens with zero attached hydrogens (tertiary/aromatic N) is 3. The number of carbonyl (C=O) groups is 1. The van der Waals surface area contributed by atoms with Gasteiger partial charge in [0.1, 0.15) is 17.7 Å². The molecule has 1 aliphatic rings. The summed E-state index contributed by atoms with van der Waals surface area (Å²) >= 11 is 0. The van der Waals surface area contributed by atoms with Crippen molar-refractivity contribution < 1.29 is 19.7 Å². The van der Waals surface area contributed by atoms with E-state index in [2.05, 4.69) is 41.4 Å². The number of nitrogens with one attached hydrogen (secondary N) is 2. The number of aromatic nitrogens is 3. The monoisotopic (exact) mass is 482 g/mol. The number of aliphatic hydroxyl groups excluding tert-OH is 2. The highest BCUT2D eigenvalue weighted by atomic mass is 16.6. The van der Waals surface area contributed by atoms with Crippen molar-refractivity contribution in [2.45, 2.75) is 70.0 Å². The summed E-state index contributed by atoms with van der Waals surface area (Å²) in [5, 5.41) is 26.7. The molecular weight excluding hydrogens is 448 g/mol. The molecule has 1 aliphatic heterocycles. The number of amides is 2. The standard InChI is InChI=1S/C25H34N6O4/c1-25(2,3)15-7-9-16(10-8-15)30-24(34)28-12-5-4-6-18-20(32)21(33)23(35-18)31-14-29-19-17(26)11-13-27-22(19)31/h7-11,13-14,18,20-21,23,32-33H,4-6,12H2,1-3H3,(H2,26,27)(H2,28,30,34)/t18-,20-,21-,23-/m1/s1. The number of unbranched alkanes of at least 4 members (excludes halogenated alkanes) is 1. The van der Waals surface area contributed by atoms with Crippen LogP contribution in [0.4, 0.5) is 16.2 Å². The maximum absolute atomic E-state index is 12.2. The van der Waals surface area contributed by atoms with Crippen LogP contribution in [0.3, 0.4) is 0 Å². The van der Waals surface area contributed by atoms with Crippen LogP contribution < -0.4 is 16.4 Å². The lowest BCUT2D eigenvalue weighted by atomic mass is 9.87. The third-order valence-electron chi connectivity index (χ3n) is 6.31. The third-order valence-corrected chi connectivity index (χ3v) is 6.31. The highest BCUT2D eigenvalue weighted by Gasteiger charge is 2.43. The van der Waals surface area contributed by atoms with E-state index in [1.807, 2.05) is 24.3 Å². The molecule has 2 amide bonds. The van der Waals surface area contributed by atoms with Gasteiger partial charge in [-0.05, 0) is 48.4 Å². The molecule has 0 spiro atoms. The Morgan fingerprint density at radius 3 is 2.57 bits per heavy atom. The molecule has 10 nitrogen and oxygen atoms in total. The van der Waals surface area contributed by atoms with Gasteiger partial charge in [0.2, 0.25) is 0 Å². The number of hydrogen-bond acceptors (Lipinski definition) is 7. The number of ether oxygens (including phenoxy) is 1. The van der Waals surface area contributed by atoms with Gasteiger partial charge < -0.3 is 31.3 Å². The molecule has 0 saturated carbocycles. The molecule has 2 aromatic heterocycles. The number of hydrogen-bond donors (Lipinski definition) is 5. The zero-order valence-corrected chi connectivity index (χ0v) is 20.3. The fraction of sp³-hybridized carbons (Fsp3) is 0.480. The van der Waals surface area contributed by atoms with Crippen molar-refractivity contribution in [1.29, 1.82) is 0 Å². The van der Waals surface area contributed by atoms with E-state index in [0.717, 1.165) is 5.69 Å². The van der Waals surface area contributed by atoms with Crippen LogP contribution in [-0.2, 0) is 10.2 Å². The summed E-state index contributed by atoms with van der Waals surface area (Å²) < 4.78 is 7.56. The first-order valence-corrected chi connectivity index (χ1v) is 11.9. The molecule has 6 N–H and O–H groups in total. The number of benzene rings is 1. The molecule has 188 valence electrons. The third kappa shape index (κ3) is 5.55. The van der Waals surface area contributed by atoms with E-state index in [1.165, 1.54) is 11.9 Å². The number of anilines is 2. The van der Waals surface area contributed by atoms with Gasteiger partial charge in [0, 0.05) is 18.4 Å². The molecule has 1 fully saturated rings. The Balaban J connectivity index is 1.22. The first-order chi connectivity index (χ1) is 16.6. The summed E-state index contributed by atoms with van der Waals surface area (Å²) in [5.41, 5.74) is 9.43. The smallest absolute Gasteiger partial charge is 0.319 e. The minimum absolute atomic E-state index is 0.0604. The van der Waals surface area contributed by atoms with Crippen molar-refractivity contribution in [3.05, 3.63) is 48.4 Å². The van der Waals surface area contributed by atoms with Crippen LogP contribution in [0.1, 0.15) is 51.8 Å². The van der Waals surface area contributed by atoms with Crippen molar-refractivity contribution in [2.24, 2.45) is 0 Å². The largest absolute Gasteiger partial charge is 0.397 e. The van der Waals surface area contributed by atoms with Crippen LogP contribution in [0.5, 0.6) is 0 Å². The topological polar surface area (TPSA) is 148 Å². The van der Waals surface area contributed by atoms with E-state index in [4.69, 9.17) is 10.5 Å². The van der Waals surface area contributed by atoms with Gasteiger partial charge in [-0.1, -0.05) is 32.9 Å². The number of nitrogen functional groups attached to an aromatic ring is 1. The lowest BCUT2D eigenvalue weighted by molar-refractivity contribution is -0.0374. The van der Waals surface area contributed by atoms with E-state index in [9.17, 15) is 15.0 Å². The normalized spacial score (nSPS) is 22.4. The van der Waals surface area contributed by atoms with E-state index in [0.29, 0.717) is 42.7 Å². The molecule has 1 aromatic carbocycles. The van der Waals surface area contributed by atoms with Crippen molar-refractivity contribution in [1.82, 2.24) is 19.9 Å². The maximum Gasteiger partial charge on any atom is 0.319 e. The molecule has 1 saturated heterocycles. The minimum Gasteiger partial charge on any atom is -0.397 e. The van der Waals surface area contributed by atoms with Crippen LogP contribution in [0.25, 0.3) is 11.2 Å². The minimum atomic E-state index is -1.12. The maximum atomic E-state index is 12.2. The van der Waals surface area contributed by atoms with E-state index in [-0.39, 0.29) is 11.4 Å². The summed E-state index contributed by atoms with van der Waals surface area (Å²) in [6.45, 7) is 6.92. The van der Waals surface area contributed by atoms with Gasteiger partial charge in [-0.15, -0.1) is 0 Å². The van der Waals surface area contributed by atoms with Crippen molar-refractivity contribution >= 4 is 28.6 Å². The number of imidazole rings is 1. The predicted molar refractivity (Wildman–Crippen MR) is 134 cm³/mol. The summed E-state index contributed by atoms with van der Waals surface area (Å²) in [4.78, 5) is 20.7. The molecule has 4 atom stereocenters. The summed E-state index contributed by atoms with van der Waals surface area (Å²) in [7, 11) is 0. The summed E-state index contributed by atoms with van der Waals surface area (Å²) in [6, 6.07) is 9.21. The lowest BCUT2D eigenvalue weighted by Crippen LogP contribution is -2.32. The predicted octanol–water partition coefficient (Wildman–Crippen LogP) is 2.92. The molecule has 0 aliphatic carbocycles. The average Bonchev–Trinajstić information content (AvgIpc) is 3.36. The van der Waals surface area contributed by atoms with Crippen LogP contribution in [-0.4, -0.2) is 55.6 Å². The number of pyridine rings is 1. The molecular formula is C25H34N6O4. The SMILES string of the molecule is CC(C)(C)c1ccc(NC(=O)NCCCC[C@H]2O[C@@H](n3cnc4c(N)ccnc43)[C@H](O)[C@@H]2O)cc1. The molecule has 3 heterocycles. The van der Waals surface area contributed by atoms with Gasteiger partial charge in [0.05, 0.1) is 18.1 Å². The second-order valence-electron chi connectivity index (χ2n) is 9.97. The Kier molecular flexibility index (Phi) is 7.25. The van der Waals surface area contributed by atoms with Gasteiger partial charge in [-0.2, -0.15) is 0 Å². The summed E-state index contributed by atoms with van der Waals surface area (Å²) in [5.74, 6) is 0. The van der Waals surface area contributed by atoms with Crippen LogP contribution in [0.15, 0.2) is 42.9 Å². The number of aliphatic hydroxyl groups is 2. The van der Waals surface area contributed by atoms with Gasteiger partial charge in [-0.25, -0.2) is 14.8 Å². The van der Waals surface area contributed by atoms with Crippen LogP contribution >= 0.6 is 0 Å². The van der Waals surface area contributed by atoms with Gasteiger partial charge in [0.15, 0.2) is 11.9 Å². The number of urea groups is 1. The lowest BCUT2D eigenvalue weighted by Gasteiger charge is -2.19. The second kappa shape index (κ2) is 10.2. The fourth-order valence-electron chi connectivity index (χ4n) is 4.24. The van der Waals surface area contributed by atoms with E-state index < -0.39 is 24.5 Å². The number of fused-ring (bicyclic) bond motifs is 1. The van der Waals surface area contributed by atoms with Gasteiger partial charge in [0.25, 0.3) is 0 Å². The first kappa shape index (κ1) is 24.9. The molecule has 0 unspecified atom stereocenters. The molecule has 35 heavy (non-hydrogen) atoms. The Labute approximate surface area is 204 Å². The van der Waals surface area contributed by atoms with Gasteiger partial charge in [-0.3, -0.25) is 4.57 Å². The molecule has 10 heteroatoms. The van der Waals surface area contributed by atoms with Crippen LogP contribution in [0.2, 0.25) is 0 Å². The van der Waals surface area contributed by atoms with Crippen molar-refractivity contribution in [3.63, 3.8) is 0 Å². The molecule has 0 radical (unpaired) electrons. The van der Waals surface area contributed by atoms with Gasteiger partial charge >= 0.3 is 6.03 Å². The highest BCUT2D eigenvalue weighted by molar-refractivity contribution is 5.89. The van der Waals surface area contributed by atoms with Crippen molar-refractivity contribution in [2.75, 3.05) is 17.6 Å². The second-order valence-corrected chi connectivity index (χ2v) is 9.97. The number of carbonyl (C=O) groups excluding carboxylic acids is 1. The number of nitrogens with two attached hydrogens (primary N) is 1. The fourth-order valence-corrected chi connectivity index (χ4v) is 4.24. The van der Waals surface area contributed by atoms with Crippen molar-refractivity contribution in [3.8, 4) is 0 Å². The molecule has 3 aromatic rings. The first-order valence-electron chi connectivity index (χ1n) is 11.9. The number of rotatable bonds is 7. The summed E-state index contributed by atoms with van der Waals surface area (Å²) in [6.07, 6.45) is 1.53. The highest BCUT2D eigenvalue weighted by Crippen LogP contribution is 2.34.